The lowest BCUT2D eigenvalue weighted by molar-refractivity contribution is -0.124. The van der Waals surface area contributed by atoms with Crippen LogP contribution in [0.4, 0.5) is 0 Å². The molecule has 2 rings (SSSR count). The average Bonchev–Trinajstić information content (AvgIpc) is 3.06. The van der Waals surface area contributed by atoms with Crippen molar-refractivity contribution >= 4 is 23.2 Å². The topological polar surface area (TPSA) is 64.6 Å². The molecule has 23 heavy (non-hydrogen) atoms. The molecule has 1 N–H and O–H groups in total. The number of esters is 1. The summed E-state index contributed by atoms with van der Waals surface area (Å²) in [5.74, 6) is -0.459. The zero-order valence-corrected chi connectivity index (χ0v) is 13.9. The molecule has 0 radical (unpaired) electrons. The Morgan fingerprint density at radius 2 is 2.09 bits per heavy atom. The Balaban J connectivity index is 1.79. The normalized spacial score (nSPS) is 10.2. The molecule has 0 saturated heterocycles. The van der Waals surface area contributed by atoms with Gasteiger partial charge in [0.2, 0.25) is 0 Å². The molecule has 5 nitrogen and oxygen atoms in total. The van der Waals surface area contributed by atoms with Crippen molar-refractivity contribution in [3.63, 3.8) is 0 Å². The Labute approximate surface area is 139 Å². The molecular formula is C17H19NO4S. The van der Waals surface area contributed by atoms with Crippen LogP contribution in [0.3, 0.4) is 0 Å². The van der Waals surface area contributed by atoms with Crippen LogP contribution in [-0.4, -0.2) is 32.1 Å². The maximum Gasteiger partial charge on any atom is 0.342 e. The van der Waals surface area contributed by atoms with Gasteiger partial charge in [0.25, 0.3) is 5.91 Å². The minimum absolute atomic E-state index is 0.305. The molecule has 1 aromatic heterocycles. The summed E-state index contributed by atoms with van der Waals surface area (Å²) >= 11 is 1.64. The predicted octanol–water partition coefficient (Wildman–Crippen LogP) is 2.58. The molecule has 0 atom stereocenters. The fourth-order valence-corrected chi connectivity index (χ4v) is 2.73. The number of benzene rings is 1. The summed E-state index contributed by atoms with van der Waals surface area (Å²) in [4.78, 5) is 25.0. The number of carbonyl (C=O) groups is 2. The van der Waals surface area contributed by atoms with Crippen LogP contribution in [-0.2, 0) is 16.0 Å². The van der Waals surface area contributed by atoms with Gasteiger partial charge in [0.05, 0.1) is 7.11 Å². The second-order valence-electron chi connectivity index (χ2n) is 4.96. The highest BCUT2D eigenvalue weighted by atomic mass is 32.1. The van der Waals surface area contributed by atoms with Crippen LogP contribution in [0, 0.1) is 6.92 Å². The van der Waals surface area contributed by atoms with Crippen LogP contribution in [0.25, 0.3) is 0 Å². The number of ether oxygens (including phenoxy) is 2. The van der Waals surface area contributed by atoms with Crippen molar-refractivity contribution in [2.24, 2.45) is 0 Å². The molecule has 0 aliphatic heterocycles. The summed E-state index contributed by atoms with van der Waals surface area (Å²) in [5.41, 5.74) is 1.23. The molecule has 1 heterocycles. The molecule has 122 valence electrons. The Morgan fingerprint density at radius 3 is 2.78 bits per heavy atom. The number of hydrogen-bond acceptors (Lipinski definition) is 5. The summed E-state index contributed by atoms with van der Waals surface area (Å²) < 4.78 is 10.2. The second-order valence-corrected chi connectivity index (χ2v) is 5.99. The third-order valence-corrected chi connectivity index (χ3v) is 4.12. The van der Waals surface area contributed by atoms with Crippen molar-refractivity contribution in [2.45, 2.75) is 13.3 Å². The molecule has 0 fully saturated rings. The van der Waals surface area contributed by atoms with Crippen molar-refractivity contribution in [3.05, 3.63) is 51.7 Å². The molecule has 0 bridgehead atoms. The molecule has 0 aliphatic rings. The molecule has 6 heteroatoms. The molecule has 0 unspecified atom stereocenters. The lowest BCUT2D eigenvalue weighted by atomic mass is 10.1. The second kappa shape index (κ2) is 8.33. The molecule has 1 amide bonds. The van der Waals surface area contributed by atoms with Crippen LogP contribution >= 0.6 is 11.3 Å². The summed E-state index contributed by atoms with van der Waals surface area (Å²) in [6, 6.07) is 9.20. The fraction of sp³-hybridized carbons (Fsp3) is 0.294. The zero-order chi connectivity index (χ0) is 16.7. The van der Waals surface area contributed by atoms with Gasteiger partial charge >= 0.3 is 5.97 Å². The first-order chi connectivity index (χ1) is 11.1. The highest BCUT2D eigenvalue weighted by Gasteiger charge is 2.15. The molecular weight excluding hydrogens is 314 g/mol. The zero-order valence-electron chi connectivity index (χ0n) is 13.1. The molecule has 0 saturated carbocycles. The van der Waals surface area contributed by atoms with Crippen molar-refractivity contribution in [2.75, 3.05) is 20.3 Å². The van der Waals surface area contributed by atoms with E-state index in [1.807, 2.05) is 30.5 Å². The summed E-state index contributed by atoms with van der Waals surface area (Å²) in [6.45, 7) is 2.08. The van der Waals surface area contributed by atoms with Crippen LogP contribution in [0.15, 0.2) is 35.7 Å². The van der Waals surface area contributed by atoms with Crippen molar-refractivity contribution in [1.29, 1.82) is 0 Å². The van der Waals surface area contributed by atoms with Crippen LogP contribution in [0.2, 0.25) is 0 Å². The van der Waals surface area contributed by atoms with Crippen molar-refractivity contribution in [1.82, 2.24) is 5.32 Å². The highest BCUT2D eigenvalue weighted by Crippen LogP contribution is 2.20. The van der Waals surface area contributed by atoms with Gasteiger partial charge in [-0.2, -0.15) is 0 Å². The summed E-state index contributed by atoms with van der Waals surface area (Å²) in [7, 11) is 1.48. The molecule has 2 aromatic rings. The van der Waals surface area contributed by atoms with Gasteiger partial charge in [-0.1, -0.05) is 17.7 Å². The SMILES string of the molecule is COc1ccc(C)cc1C(=O)OCC(=O)NCCc1cccs1. The van der Waals surface area contributed by atoms with Gasteiger partial charge in [0, 0.05) is 11.4 Å². The standard InChI is InChI=1S/C17H19NO4S/c1-12-5-6-15(21-2)14(10-12)17(20)22-11-16(19)18-8-7-13-4-3-9-23-13/h3-6,9-10H,7-8,11H2,1-2H3,(H,18,19). The number of aryl methyl sites for hydroxylation is 1. The van der Waals surface area contributed by atoms with Crippen LogP contribution < -0.4 is 10.1 Å². The number of thiophene rings is 1. The number of rotatable bonds is 7. The van der Waals surface area contributed by atoms with E-state index in [0.717, 1.165) is 12.0 Å². The quantitative estimate of drug-likeness (QED) is 0.791. The Bertz CT molecular complexity index is 667. The number of amides is 1. The highest BCUT2D eigenvalue weighted by molar-refractivity contribution is 7.09. The third-order valence-electron chi connectivity index (χ3n) is 3.18. The van der Waals surface area contributed by atoms with Gasteiger partial charge in [-0.05, 0) is 36.9 Å². The lowest BCUT2D eigenvalue weighted by Crippen LogP contribution is -2.30. The van der Waals surface area contributed by atoms with Crippen LogP contribution in [0.5, 0.6) is 5.75 Å². The maximum atomic E-state index is 12.1. The van der Waals surface area contributed by atoms with Gasteiger partial charge in [-0.15, -0.1) is 11.3 Å². The first-order valence-electron chi connectivity index (χ1n) is 7.21. The number of hydrogen-bond donors (Lipinski definition) is 1. The van der Waals surface area contributed by atoms with Gasteiger partial charge in [-0.25, -0.2) is 4.79 Å². The van der Waals surface area contributed by atoms with E-state index in [4.69, 9.17) is 9.47 Å². The van der Waals surface area contributed by atoms with Gasteiger partial charge in [0.15, 0.2) is 6.61 Å². The van der Waals surface area contributed by atoms with E-state index in [2.05, 4.69) is 5.32 Å². The first kappa shape index (κ1) is 17.0. The van der Waals surface area contributed by atoms with Gasteiger partial charge in [-0.3, -0.25) is 4.79 Å². The average molecular weight is 333 g/mol. The molecule has 0 aliphatic carbocycles. The first-order valence-corrected chi connectivity index (χ1v) is 8.09. The lowest BCUT2D eigenvalue weighted by Gasteiger charge is -2.10. The minimum atomic E-state index is -0.570. The van der Waals surface area contributed by atoms with Crippen molar-refractivity contribution in [3.8, 4) is 5.75 Å². The summed E-state index contributed by atoms with van der Waals surface area (Å²) in [5, 5.41) is 4.72. The smallest absolute Gasteiger partial charge is 0.342 e. The van der Waals surface area contributed by atoms with E-state index in [1.165, 1.54) is 12.0 Å². The molecule has 1 aromatic carbocycles. The Morgan fingerprint density at radius 1 is 1.26 bits per heavy atom. The monoisotopic (exact) mass is 333 g/mol. The largest absolute Gasteiger partial charge is 0.496 e. The van der Waals surface area contributed by atoms with Gasteiger partial charge < -0.3 is 14.8 Å². The predicted molar refractivity (Wildman–Crippen MR) is 89.0 cm³/mol. The fourth-order valence-electron chi connectivity index (χ4n) is 2.02. The number of methoxy groups -OCH3 is 1. The van der Waals surface area contributed by atoms with Crippen LogP contribution in [0.1, 0.15) is 20.8 Å². The third kappa shape index (κ3) is 5.10. The number of nitrogens with one attached hydrogen (secondary N) is 1. The van der Waals surface area contributed by atoms with Crippen molar-refractivity contribution < 1.29 is 19.1 Å². The maximum absolute atomic E-state index is 12.1. The Kier molecular flexibility index (Phi) is 6.17. The van der Waals surface area contributed by atoms with E-state index in [0.29, 0.717) is 17.9 Å². The Hall–Kier alpha value is -2.34. The van der Waals surface area contributed by atoms with E-state index in [1.54, 1.807) is 23.5 Å². The summed E-state index contributed by atoms with van der Waals surface area (Å²) in [6.07, 6.45) is 0.767. The molecule has 0 spiro atoms. The van der Waals surface area contributed by atoms with E-state index >= 15 is 0 Å². The van der Waals surface area contributed by atoms with E-state index < -0.39 is 5.97 Å². The van der Waals surface area contributed by atoms with E-state index in [9.17, 15) is 9.59 Å². The van der Waals surface area contributed by atoms with E-state index in [-0.39, 0.29) is 12.5 Å². The van der Waals surface area contributed by atoms with Gasteiger partial charge in [0.1, 0.15) is 11.3 Å². The minimum Gasteiger partial charge on any atom is -0.496 e. The number of carbonyl (C=O) groups excluding carboxylic acids is 2.